The average molecular weight is 126 g/mol. The van der Waals surface area contributed by atoms with Crippen molar-refractivity contribution in [1.82, 2.24) is 0 Å². The van der Waals surface area contributed by atoms with Crippen LogP contribution < -0.4 is 0 Å². The minimum absolute atomic E-state index is 0.326. The van der Waals surface area contributed by atoms with Crippen LogP contribution in [0.4, 0.5) is 0 Å². The zero-order chi connectivity index (χ0) is 7.11. The Morgan fingerprint density at radius 2 is 2.11 bits per heavy atom. The summed E-state index contributed by atoms with van der Waals surface area (Å²) in [4.78, 5) is 10.3. The van der Waals surface area contributed by atoms with Gasteiger partial charge in [0.1, 0.15) is 0 Å². The van der Waals surface area contributed by atoms with Crippen LogP contribution in [0.2, 0.25) is 0 Å². The molecule has 0 aliphatic carbocycles. The van der Waals surface area contributed by atoms with Gasteiger partial charge in [-0.15, -0.1) is 0 Å². The van der Waals surface area contributed by atoms with Gasteiger partial charge in [-0.05, 0) is 6.92 Å². The second-order valence-corrected chi connectivity index (χ2v) is 1.41. The molecule has 0 heterocycles. The van der Waals surface area contributed by atoms with E-state index in [-0.39, 0.29) is 5.97 Å². The normalized spacial score (nSPS) is 10.9. The number of hydrogen-bond acceptors (Lipinski definition) is 2. The molecule has 2 nitrogen and oxygen atoms in total. The third-order valence-corrected chi connectivity index (χ3v) is 0.737. The van der Waals surface area contributed by atoms with Gasteiger partial charge in [-0.1, -0.05) is 18.2 Å². The van der Waals surface area contributed by atoms with E-state index in [1.165, 1.54) is 13.2 Å². The number of carbonyl (C=O) groups excluding carboxylic acids is 1. The smallest absolute Gasteiger partial charge is 0.330 e. The largest absolute Gasteiger partial charge is 0.466 e. The van der Waals surface area contributed by atoms with Crippen LogP contribution in [0.25, 0.3) is 0 Å². The van der Waals surface area contributed by atoms with Crippen LogP contribution in [-0.2, 0) is 9.53 Å². The average Bonchev–Trinajstić information content (AvgIpc) is 1.89. The highest BCUT2D eigenvalue weighted by Crippen LogP contribution is 1.78. The molecule has 0 aliphatic rings. The van der Waals surface area contributed by atoms with Crippen molar-refractivity contribution in [2.75, 3.05) is 7.11 Å². The molecule has 9 heavy (non-hydrogen) atoms. The summed E-state index contributed by atoms with van der Waals surface area (Å²) in [6, 6.07) is 0. The Hall–Kier alpha value is -1.05. The first-order valence-electron chi connectivity index (χ1n) is 2.68. The van der Waals surface area contributed by atoms with E-state index < -0.39 is 0 Å². The summed E-state index contributed by atoms with van der Waals surface area (Å²) in [7, 11) is 1.35. The Morgan fingerprint density at radius 3 is 2.56 bits per heavy atom. The van der Waals surface area contributed by atoms with Crippen LogP contribution >= 0.6 is 0 Å². The molecule has 0 aromatic rings. The Labute approximate surface area is 54.8 Å². The lowest BCUT2D eigenvalue weighted by Gasteiger charge is -1.85. The minimum atomic E-state index is -0.326. The SMILES string of the molecule is CC=C/C=C\C(=O)OC. The molecule has 0 saturated carbocycles. The van der Waals surface area contributed by atoms with E-state index in [2.05, 4.69) is 4.74 Å². The summed E-state index contributed by atoms with van der Waals surface area (Å²) >= 11 is 0. The highest BCUT2D eigenvalue weighted by molar-refractivity contribution is 5.82. The van der Waals surface area contributed by atoms with Crippen LogP contribution in [0.15, 0.2) is 24.3 Å². The fourth-order valence-electron chi connectivity index (χ4n) is 0.313. The third kappa shape index (κ3) is 4.81. The van der Waals surface area contributed by atoms with Crippen molar-refractivity contribution in [1.29, 1.82) is 0 Å². The summed E-state index contributed by atoms with van der Waals surface area (Å²) < 4.78 is 4.34. The molecule has 0 N–H and O–H groups in total. The van der Waals surface area contributed by atoms with E-state index in [1.54, 1.807) is 12.2 Å². The van der Waals surface area contributed by atoms with Crippen molar-refractivity contribution in [3.05, 3.63) is 24.3 Å². The maximum Gasteiger partial charge on any atom is 0.330 e. The molecule has 0 rings (SSSR count). The van der Waals surface area contributed by atoms with E-state index in [9.17, 15) is 4.79 Å². The predicted octanol–water partition coefficient (Wildman–Crippen LogP) is 1.29. The van der Waals surface area contributed by atoms with Crippen LogP contribution in [0.5, 0.6) is 0 Å². The van der Waals surface area contributed by atoms with Gasteiger partial charge >= 0.3 is 5.97 Å². The fraction of sp³-hybridized carbons (Fsp3) is 0.286. The maximum atomic E-state index is 10.3. The first-order chi connectivity index (χ1) is 4.31. The summed E-state index contributed by atoms with van der Waals surface area (Å²) in [6.07, 6.45) is 6.59. The first-order valence-corrected chi connectivity index (χ1v) is 2.68. The molecule has 50 valence electrons. The predicted molar refractivity (Wildman–Crippen MR) is 36.0 cm³/mol. The molecule has 0 amide bonds. The molecular formula is C7H10O2. The zero-order valence-corrected chi connectivity index (χ0v) is 5.63. The topological polar surface area (TPSA) is 26.3 Å². The molecule has 0 aromatic carbocycles. The third-order valence-electron chi connectivity index (χ3n) is 0.737. The highest BCUT2D eigenvalue weighted by atomic mass is 16.5. The van der Waals surface area contributed by atoms with Crippen LogP contribution in [0.1, 0.15) is 6.92 Å². The Balaban J connectivity index is 3.57. The van der Waals surface area contributed by atoms with Crippen molar-refractivity contribution >= 4 is 5.97 Å². The van der Waals surface area contributed by atoms with Crippen LogP contribution in [-0.4, -0.2) is 13.1 Å². The number of allylic oxidation sites excluding steroid dienone is 3. The first kappa shape index (κ1) is 7.95. The lowest BCUT2D eigenvalue weighted by molar-refractivity contribution is -0.134. The molecule has 0 bridgehead atoms. The van der Waals surface area contributed by atoms with E-state index in [1.807, 2.05) is 13.0 Å². The fourth-order valence-corrected chi connectivity index (χ4v) is 0.313. The maximum absolute atomic E-state index is 10.3. The van der Waals surface area contributed by atoms with Gasteiger partial charge in [0.2, 0.25) is 0 Å². The number of methoxy groups -OCH3 is 1. The number of carbonyl (C=O) groups is 1. The summed E-state index contributed by atoms with van der Waals surface area (Å²) in [5.74, 6) is -0.326. The summed E-state index contributed by atoms with van der Waals surface area (Å²) in [5.41, 5.74) is 0. The van der Waals surface area contributed by atoms with Gasteiger partial charge in [-0.25, -0.2) is 4.79 Å². The molecule has 0 unspecified atom stereocenters. The van der Waals surface area contributed by atoms with Gasteiger partial charge in [-0.3, -0.25) is 0 Å². The molecule has 0 spiro atoms. The van der Waals surface area contributed by atoms with E-state index in [4.69, 9.17) is 0 Å². The van der Waals surface area contributed by atoms with Gasteiger partial charge in [0.15, 0.2) is 0 Å². The second kappa shape index (κ2) is 5.09. The molecular weight excluding hydrogens is 116 g/mol. The molecule has 2 heteroatoms. The number of hydrogen-bond donors (Lipinski definition) is 0. The van der Waals surface area contributed by atoms with E-state index >= 15 is 0 Å². The Morgan fingerprint density at radius 1 is 1.44 bits per heavy atom. The second-order valence-electron chi connectivity index (χ2n) is 1.41. The highest BCUT2D eigenvalue weighted by Gasteiger charge is 1.85. The molecule has 0 fully saturated rings. The number of esters is 1. The van der Waals surface area contributed by atoms with Gasteiger partial charge in [0.25, 0.3) is 0 Å². The van der Waals surface area contributed by atoms with Crippen molar-refractivity contribution < 1.29 is 9.53 Å². The van der Waals surface area contributed by atoms with Crippen molar-refractivity contribution in [3.63, 3.8) is 0 Å². The zero-order valence-electron chi connectivity index (χ0n) is 5.63. The Bertz CT molecular complexity index is 134. The quantitative estimate of drug-likeness (QED) is 0.316. The molecule has 0 aliphatic heterocycles. The van der Waals surface area contributed by atoms with Gasteiger partial charge in [-0.2, -0.15) is 0 Å². The summed E-state index contributed by atoms with van der Waals surface area (Å²) in [6.45, 7) is 1.88. The number of rotatable bonds is 2. The van der Waals surface area contributed by atoms with Gasteiger partial charge in [0, 0.05) is 6.08 Å². The molecule has 0 aromatic heterocycles. The lowest BCUT2D eigenvalue weighted by atomic mass is 10.4. The summed E-state index contributed by atoms with van der Waals surface area (Å²) in [5, 5.41) is 0. The van der Waals surface area contributed by atoms with Gasteiger partial charge < -0.3 is 4.74 Å². The monoisotopic (exact) mass is 126 g/mol. The molecule has 0 atom stereocenters. The van der Waals surface area contributed by atoms with Gasteiger partial charge in [0.05, 0.1) is 7.11 Å². The van der Waals surface area contributed by atoms with E-state index in [0.717, 1.165) is 0 Å². The van der Waals surface area contributed by atoms with Crippen LogP contribution in [0, 0.1) is 0 Å². The van der Waals surface area contributed by atoms with Crippen molar-refractivity contribution in [2.45, 2.75) is 6.92 Å². The molecule has 0 radical (unpaired) electrons. The van der Waals surface area contributed by atoms with Crippen molar-refractivity contribution in [3.8, 4) is 0 Å². The lowest BCUT2D eigenvalue weighted by Crippen LogP contribution is -1.92. The molecule has 0 saturated heterocycles. The van der Waals surface area contributed by atoms with Crippen molar-refractivity contribution in [2.24, 2.45) is 0 Å². The number of ether oxygens (including phenoxy) is 1. The Kier molecular flexibility index (Phi) is 4.50. The standard InChI is InChI=1S/C7H10O2/c1-3-4-5-6-7(8)9-2/h3-6H,1-2H3/b4-3?,6-5-. The van der Waals surface area contributed by atoms with Crippen LogP contribution in [0.3, 0.4) is 0 Å². The van der Waals surface area contributed by atoms with E-state index in [0.29, 0.717) is 0 Å². The minimum Gasteiger partial charge on any atom is -0.466 e.